The van der Waals surface area contributed by atoms with Gasteiger partial charge in [-0.1, -0.05) is 0 Å². The lowest BCUT2D eigenvalue weighted by Gasteiger charge is -2.31. The molecule has 1 fully saturated rings. The molecule has 1 aromatic rings. The van der Waals surface area contributed by atoms with Gasteiger partial charge in [0.15, 0.2) is 0 Å². The van der Waals surface area contributed by atoms with E-state index < -0.39 is 0 Å². The molecular formula is C15H20N2O2. The van der Waals surface area contributed by atoms with Gasteiger partial charge in [0.05, 0.1) is 18.7 Å². The van der Waals surface area contributed by atoms with Crippen LogP contribution in [-0.4, -0.2) is 38.3 Å². The van der Waals surface area contributed by atoms with Crippen molar-refractivity contribution in [3.05, 3.63) is 29.3 Å². The number of ether oxygens (including phenoxy) is 2. The first-order valence-electron chi connectivity index (χ1n) is 6.59. The molecule has 1 aliphatic rings. The van der Waals surface area contributed by atoms with E-state index in [-0.39, 0.29) is 0 Å². The van der Waals surface area contributed by atoms with Gasteiger partial charge in [-0.15, -0.1) is 0 Å². The van der Waals surface area contributed by atoms with E-state index in [1.54, 1.807) is 13.2 Å². The molecule has 0 atom stereocenters. The van der Waals surface area contributed by atoms with Crippen LogP contribution in [0.4, 0.5) is 0 Å². The predicted octanol–water partition coefficient (Wildman–Crippen LogP) is 2.18. The number of hydrogen-bond acceptors (Lipinski definition) is 4. The standard InChI is InChI=1S/C15H20N2O2/c1-17(14-5-7-19-8-6-14)11-13-9-12(10-16)3-4-15(13)18-2/h3-4,9,14H,5-8,11H2,1-2H3. The van der Waals surface area contributed by atoms with Crippen molar-refractivity contribution in [2.45, 2.75) is 25.4 Å². The largest absolute Gasteiger partial charge is 0.496 e. The molecule has 1 heterocycles. The van der Waals surface area contributed by atoms with E-state index in [0.29, 0.717) is 11.6 Å². The maximum atomic E-state index is 8.99. The second-order valence-corrected chi connectivity index (χ2v) is 4.90. The van der Waals surface area contributed by atoms with Crippen LogP contribution in [0.1, 0.15) is 24.0 Å². The average molecular weight is 260 g/mol. The molecule has 1 aromatic carbocycles. The van der Waals surface area contributed by atoms with Gasteiger partial charge in [-0.05, 0) is 38.1 Å². The highest BCUT2D eigenvalue weighted by atomic mass is 16.5. The molecule has 2 rings (SSSR count). The molecule has 4 nitrogen and oxygen atoms in total. The SMILES string of the molecule is COc1ccc(C#N)cc1CN(C)C1CCOCC1. The Kier molecular flexibility index (Phi) is 4.78. The Morgan fingerprint density at radius 1 is 1.42 bits per heavy atom. The molecule has 0 unspecified atom stereocenters. The average Bonchev–Trinajstić information content (AvgIpc) is 2.48. The first-order chi connectivity index (χ1) is 9.24. The minimum Gasteiger partial charge on any atom is -0.496 e. The lowest BCUT2D eigenvalue weighted by molar-refractivity contribution is 0.0405. The molecule has 1 saturated heterocycles. The number of benzene rings is 1. The topological polar surface area (TPSA) is 45.5 Å². The number of methoxy groups -OCH3 is 1. The van der Waals surface area contributed by atoms with E-state index in [0.717, 1.165) is 43.9 Å². The highest BCUT2D eigenvalue weighted by Gasteiger charge is 2.19. The summed E-state index contributed by atoms with van der Waals surface area (Å²) < 4.78 is 10.8. The Bertz CT molecular complexity index is 462. The van der Waals surface area contributed by atoms with Crippen LogP contribution in [0.5, 0.6) is 5.75 Å². The van der Waals surface area contributed by atoms with Crippen LogP contribution in [0.15, 0.2) is 18.2 Å². The summed E-state index contributed by atoms with van der Waals surface area (Å²) in [6.45, 7) is 2.47. The van der Waals surface area contributed by atoms with Gasteiger partial charge in [0, 0.05) is 31.4 Å². The predicted molar refractivity (Wildman–Crippen MR) is 73.0 cm³/mol. The van der Waals surface area contributed by atoms with Crippen molar-refractivity contribution >= 4 is 0 Å². The molecule has 0 N–H and O–H groups in total. The van der Waals surface area contributed by atoms with Crippen molar-refractivity contribution in [2.24, 2.45) is 0 Å². The van der Waals surface area contributed by atoms with Crippen LogP contribution >= 0.6 is 0 Å². The van der Waals surface area contributed by atoms with Crippen molar-refractivity contribution in [2.75, 3.05) is 27.4 Å². The molecule has 0 radical (unpaired) electrons. The zero-order valence-electron chi connectivity index (χ0n) is 11.6. The van der Waals surface area contributed by atoms with Gasteiger partial charge in [-0.25, -0.2) is 0 Å². The fraction of sp³-hybridized carbons (Fsp3) is 0.533. The maximum absolute atomic E-state index is 8.99. The Labute approximate surface area is 114 Å². The summed E-state index contributed by atoms with van der Waals surface area (Å²) in [4.78, 5) is 2.32. The third-order valence-corrected chi connectivity index (χ3v) is 3.64. The number of hydrogen-bond donors (Lipinski definition) is 0. The quantitative estimate of drug-likeness (QED) is 0.832. The van der Waals surface area contributed by atoms with Crippen molar-refractivity contribution in [3.8, 4) is 11.8 Å². The zero-order valence-corrected chi connectivity index (χ0v) is 11.6. The lowest BCUT2D eigenvalue weighted by atomic mass is 10.1. The molecule has 102 valence electrons. The fourth-order valence-electron chi connectivity index (χ4n) is 2.50. The smallest absolute Gasteiger partial charge is 0.123 e. The van der Waals surface area contributed by atoms with Crippen LogP contribution in [0.25, 0.3) is 0 Å². The first kappa shape index (κ1) is 13.9. The summed E-state index contributed by atoms with van der Waals surface area (Å²) in [5.74, 6) is 0.845. The molecule has 0 aromatic heterocycles. The van der Waals surface area contributed by atoms with Gasteiger partial charge >= 0.3 is 0 Å². The summed E-state index contributed by atoms with van der Waals surface area (Å²) in [5, 5.41) is 8.99. The monoisotopic (exact) mass is 260 g/mol. The third-order valence-electron chi connectivity index (χ3n) is 3.64. The van der Waals surface area contributed by atoms with Crippen LogP contribution < -0.4 is 4.74 Å². The molecule has 4 heteroatoms. The second kappa shape index (κ2) is 6.55. The summed E-state index contributed by atoms with van der Waals surface area (Å²) in [6, 6.07) is 8.29. The molecule has 0 aliphatic carbocycles. The van der Waals surface area contributed by atoms with Gasteiger partial charge in [-0.2, -0.15) is 5.26 Å². The third kappa shape index (κ3) is 3.46. The molecule has 0 amide bonds. The van der Waals surface area contributed by atoms with Crippen molar-refractivity contribution in [1.82, 2.24) is 4.90 Å². The Morgan fingerprint density at radius 2 is 2.16 bits per heavy atom. The van der Waals surface area contributed by atoms with Gasteiger partial charge in [0.1, 0.15) is 5.75 Å². The van der Waals surface area contributed by atoms with E-state index in [4.69, 9.17) is 14.7 Å². The highest BCUT2D eigenvalue weighted by molar-refractivity contribution is 5.42. The summed E-state index contributed by atoms with van der Waals surface area (Å²) in [6.07, 6.45) is 2.13. The van der Waals surface area contributed by atoms with Crippen LogP contribution in [0.2, 0.25) is 0 Å². The summed E-state index contributed by atoms with van der Waals surface area (Å²) in [5.41, 5.74) is 1.74. The summed E-state index contributed by atoms with van der Waals surface area (Å²) >= 11 is 0. The molecular weight excluding hydrogens is 240 g/mol. The van der Waals surface area contributed by atoms with Gasteiger partial charge in [-0.3, -0.25) is 4.90 Å². The van der Waals surface area contributed by atoms with Crippen LogP contribution in [0.3, 0.4) is 0 Å². The van der Waals surface area contributed by atoms with E-state index >= 15 is 0 Å². The Hall–Kier alpha value is -1.57. The van der Waals surface area contributed by atoms with E-state index in [1.165, 1.54) is 0 Å². The molecule has 1 aliphatic heterocycles. The van der Waals surface area contributed by atoms with Gasteiger partial charge in [0.2, 0.25) is 0 Å². The van der Waals surface area contributed by atoms with E-state index in [1.807, 2.05) is 12.1 Å². The van der Waals surface area contributed by atoms with E-state index in [2.05, 4.69) is 18.0 Å². The van der Waals surface area contributed by atoms with Gasteiger partial charge in [0.25, 0.3) is 0 Å². The Balaban J connectivity index is 2.10. The minimum atomic E-state index is 0.546. The summed E-state index contributed by atoms with van der Waals surface area (Å²) in [7, 11) is 3.79. The number of nitrogens with zero attached hydrogens (tertiary/aromatic N) is 2. The van der Waals surface area contributed by atoms with Gasteiger partial charge < -0.3 is 9.47 Å². The number of rotatable bonds is 4. The van der Waals surface area contributed by atoms with Crippen molar-refractivity contribution in [3.63, 3.8) is 0 Å². The Morgan fingerprint density at radius 3 is 2.79 bits per heavy atom. The minimum absolute atomic E-state index is 0.546. The van der Waals surface area contributed by atoms with Crippen molar-refractivity contribution < 1.29 is 9.47 Å². The van der Waals surface area contributed by atoms with Crippen LogP contribution in [-0.2, 0) is 11.3 Å². The van der Waals surface area contributed by atoms with E-state index in [9.17, 15) is 0 Å². The maximum Gasteiger partial charge on any atom is 0.123 e. The fourth-order valence-corrected chi connectivity index (χ4v) is 2.50. The van der Waals surface area contributed by atoms with Crippen LogP contribution in [0, 0.1) is 11.3 Å². The number of nitriles is 1. The first-order valence-corrected chi connectivity index (χ1v) is 6.59. The normalized spacial score (nSPS) is 16.3. The molecule has 0 bridgehead atoms. The second-order valence-electron chi connectivity index (χ2n) is 4.90. The highest BCUT2D eigenvalue weighted by Crippen LogP contribution is 2.23. The lowest BCUT2D eigenvalue weighted by Crippen LogP contribution is -2.36. The molecule has 19 heavy (non-hydrogen) atoms. The zero-order chi connectivity index (χ0) is 13.7. The molecule has 0 spiro atoms. The molecule has 0 saturated carbocycles. The van der Waals surface area contributed by atoms with Crippen molar-refractivity contribution in [1.29, 1.82) is 5.26 Å².